The molecule has 0 saturated heterocycles. The number of imidazole rings is 1. The Bertz CT molecular complexity index is 528. The lowest BCUT2D eigenvalue weighted by Gasteiger charge is -2.06. The van der Waals surface area contributed by atoms with E-state index in [0.29, 0.717) is 12.2 Å². The average molecular weight is 229 g/mol. The molecule has 2 heterocycles. The molecule has 0 aliphatic carbocycles. The molecule has 2 aromatic heterocycles. The Balaban J connectivity index is 2.79. The molecular formula is C10H10F3N3. The van der Waals surface area contributed by atoms with E-state index >= 15 is 0 Å². The fourth-order valence-corrected chi connectivity index (χ4v) is 1.67. The topological polar surface area (TPSA) is 30.7 Å². The van der Waals surface area contributed by atoms with Gasteiger partial charge in [0.2, 0.25) is 0 Å². The molecule has 3 nitrogen and oxygen atoms in total. The highest BCUT2D eigenvalue weighted by Crippen LogP contribution is 2.33. The van der Waals surface area contributed by atoms with E-state index in [1.165, 1.54) is 0 Å². The predicted octanol–water partition coefficient (Wildman–Crippen LogP) is 2.55. The Morgan fingerprint density at radius 2 is 2.06 bits per heavy atom. The van der Waals surface area contributed by atoms with Crippen LogP contribution in [0.25, 0.3) is 11.2 Å². The van der Waals surface area contributed by atoms with Gasteiger partial charge in [-0.3, -0.25) is 0 Å². The van der Waals surface area contributed by atoms with E-state index in [2.05, 4.69) is 9.97 Å². The quantitative estimate of drug-likeness (QED) is 0.752. The summed E-state index contributed by atoms with van der Waals surface area (Å²) in [4.78, 5) is 7.90. The fraction of sp³-hybridized carbons (Fsp3) is 0.400. The molecule has 0 aliphatic rings. The first-order valence-corrected chi connectivity index (χ1v) is 4.82. The molecule has 0 atom stereocenters. The third-order valence-corrected chi connectivity index (χ3v) is 2.47. The highest BCUT2D eigenvalue weighted by atomic mass is 19.4. The molecule has 0 N–H and O–H groups in total. The lowest BCUT2D eigenvalue weighted by Crippen LogP contribution is -2.06. The molecule has 0 unspecified atom stereocenters. The standard InChI is InChI=1S/C10H10F3N3/c1-3-7-15-8-6(10(11,12)13)4-5-14-9(8)16(7)2/h4-5H,3H2,1-2H3. The number of halogens is 3. The normalized spacial score (nSPS) is 12.3. The summed E-state index contributed by atoms with van der Waals surface area (Å²) in [5.41, 5.74) is -0.533. The monoisotopic (exact) mass is 229 g/mol. The summed E-state index contributed by atoms with van der Waals surface area (Å²) in [6.07, 6.45) is -2.66. The van der Waals surface area contributed by atoms with Crippen molar-refractivity contribution in [3.8, 4) is 0 Å². The zero-order valence-corrected chi connectivity index (χ0v) is 8.84. The number of aromatic nitrogens is 3. The van der Waals surface area contributed by atoms with E-state index < -0.39 is 11.7 Å². The summed E-state index contributed by atoms with van der Waals surface area (Å²) in [6.45, 7) is 1.84. The van der Waals surface area contributed by atoms with Crippen LogP contribution in [-0.2, 0) is 19.6 Å². The zero-order valence-electron chi connectivity index (χ0n) is 8.84. The number of alkyl halides is 3. The van der Waals surface area contributed by atoms with E-state index in [1.54, 1.807) is 11.6 Å². The molecule has 86 valence electrons. The van der Waals surface area contributed by atoms with Gasteiger partial charge in [0.15, 0.2) is 5.65 Å². The van der Waals surface area contributed by atoms with E-state index in [4.69, 9.17) is 0 Å². The molecule has 0 bridgehead atoms. The van der Waals surface area contributed by atoms with Crippen LogP contribution in [0.5, 0.6) is 0 Å². The van der Waals surface area contributed by atoms with Crippen molar-refractivity contribution in [1.29, 1.82) is 0 Å². The van der Waals surface area contributed by atoms with Crippen molar-refractivity contribution in [2.75, 3.05) is 0 Å². The molecule has 0 saturated carbocycles. The second-order valence-electron chi connectivity index (χ2n) is 3.47. The van der Waals surface area contributed by atoms with Crippen molar-refractivity contribution in [3.63, 3.8) is 0 Å². The number of hydrogen-bond donors (Lipinski definition) is 0. The summed E-state index contributed by atoms with van der Waals surface area (Å²) in [7, 11) is 1.67. The molecule has 0 fully saturated rings. The minimum absolute atomic E-state index is 0.0747. The van der Waals surface area contributed by atoms with E-state index in [0.717, 1.165) is 12.3 Å². The molecule has 0 aliphatic heterocycles. The third-order valence-electron chi connectivity index (χ3n) is 2.47. The molecule has 0 aromatic carbocycles. The SMILES string of the molecule is CCc1nc2c(C(F)(F)F)ccnc2n1C. The van der Waals surface area contributed by atoms with Crippen LogP contribution < -0.4 is 0 Å². The number of hydrogen-bond acceptors (Lipinski definition) is 2. The van der Waals surface area contributed by atoms with Gasteiger partial charge in [0, 0.05) is 19.7 Å². The first kappa shape index (κ1) is 10.9. The predicted molar refractivity (Wildman–Crippen MR) is 52.9 cm³/mol. The number of rotatable bonds is 1. The average Bonchev–Trinajstić information content (AvgIpc) is 2.54. The lowest BCUT2D eigenvalue weighted by molar-refractivity contribution is -0.136. The van der Waals surface area contributed by atoms with Gasteiger partial charge in [0.1, 0.15) is 11.3 Å². The van der Waals surface area contributed by atoms with Crippen LogP contribution in [0.3, 0.4) is 0 Å². The van der Waals surface area contributed by atoms with Gasteiger partial charge in [-0.25, -0.2) is 9.97 Å². The van der Waals surface area contributed by atoms with Crippen LogP contribution in [0.15, 0.2) is 12.3 Å². The molecular weight excluding hydrogens is 219 g/mol. The van der Waals surface area contributed by atoms with Crippen molar-refractivity contribution in [2.24, 2.45) is 7.05 Å². The first-order chi connectivity index (χ1) is 7.45. The first-order valence-electron chi connectivity index (χ1n) is 4.82. The van der Waals surface area contributed by atoms with Crippen molar-refractivity contribution in [3.05, 3.63) is 23.7 Å². The Labute approximate surface area is 89.9 Å². The van der Waals surface area contributed by atoms with E-state index in [-0.39, 0.29) is 11.2 Å². The summed E-state index contributed by atoms with van der Waals surface area (Å²) in [5, 5.41) is 0. The third kappa shape index (κ3) is 1.54. The van der Waals surface area contributed by atoms with Crippen LogP contribution in [0.1, 0.15) is 18.3 Å². The smallest absolute Gasteiger partial charge is 0.316 e. The van der Waals surface area contributed by atoms with Gasteiger partial charge >= 0.3 is 6.18 Å². The lowest BCUT2D eigenvalue weighted by atomic mass is 10.2. The largest absolute Gasteiger partial charge is 0.418 e. The van der Waals surface area contributed by atoms with Crippen LogP contribution in [-0.4, -0.2) is 14.5 Å². The van der Waals surface area contributed by atoms with Crippen molar-refractivity contribution in [1.82, 2.24) is 14.5 Å². The Morgan fingerprint density at radius 3 is 2.62 bits per heavy atom. The molecule has 2 aromatic rings. The summed E-state index contributed by atoms with van der Waals surface area (Å²) >= 11 is 0. The van der Waals surface area contributed by atoms with Crippen molar-refractivity contribution in [2.45, 2.75) is 19.5 Å². The van der Waals surface area contributed by atoms with Gasteiger partial charge in [-0.2, -0.15) is 13.2 Å². The van der Waals surface area contributed by atoms with Crippen LogP contribution in [0.2, 0.25) is 0 Å². The highest BCUT2D eigenvalue weighted by Gasteiger charge is 2.34. The van der Waals surface area contributed by atoms with Gasteiger partial charge < -0.3 is 4.57 Å². The Hall–Kier alpha value is -1.59. The van der Waals surface area contributed by atoms with Gasteiger partial charge in [0.25, 0.3) is 0 Å². The van der Waals surface area contributed by atoms with Gasteiger partial charge in [-0.05, 0) is 6.07 Å². The second kappa shape index (κ2) is 3.47. The molecule has 0 spiro atoms. The fourth-order valence-electron chi connectivity index (χ4n) is 1.67. The molecule has 6 heteroatoms. The maximum atomic E-state index is 12.7. The number of nitrogens with zero attached hydrogens (tertiary/aromatic N) is 3. The summed E-state index contributed by atoms with van der Waals surface area (Å²) in [6, 6.07) is 0.953. The molecule has 16 heavy (non-hydrogen) atoms. The summed E-state index contributed by atoms with van der Waals surface area (Å²) in [5.74, 6) is 0.596. The number of aryl methyl sites for hydroxylation is 2. The minimum atomic E-state index is -4.39. The van der Waals surface area contributed by atoms with Gasteiger partial charge in [-0.1, -0.05) is 6.92 Å². The van der Waals surface area contributed by atoms with E-state index in [9.17, 15) is 13.2 Å². The summed E-state index contributed by atoms with van der Waals surface area (Å²) < 4.78 is 39.6. The maximum Gasteiger partial charge on any atom is 0.418 e. The zero-order chi connectivity index (χ0) is 11.9. The van der Waals surface area contributed by atoms with Crippen LogP contribution in [0.4, 0.5) is 13.2 Å². The van der Waals surface area contributed by atoms with Crippen molar-refractivity contribution >= 4 is 11.2 Å². The molecule has 2 rings (SSSR count). The highest BCUT2D eigenvalue weighted by molar-refractivity contribution is 5.76. The Kier molecular flexibility index (Phi) is 2.36. The van der Waals surface area contributed by atoms with Gasteiger partial charge in [0.05, 0.1) is 5.56 Å². The van der Waals surface area contributed by atoms with Crippen molar-refractivity contribution < 1.29 is 13.2 Å². The van der Waals surface area contributed by atoms with Crippen LogP contribution in [0, 0.1) is 0 Å². The van der Waals surface area contributed by atoms with E-state index in [1.807, 2.05) is 6.92 Å². The number of fused-ring (bicyclic) bond motifs is 1. The number of pyridine rings is 1. The molecule has 0 amide bonds. The maximum absolute atomic E-state index is 12.7. The van der Waals surface area contributed by atoms with Gasteiger partial charge in [-0.15, -0.1) is 0 Å². The molecule has 0 radical (unpaired) electrons. The van der Waals surface area contributed by atoms with Crippen LogP contribution >= 0.6 is 0 Å². The Morgan fingerprint density at radius 1 is 1.38 bits per heavy atom. The second-order valence-corrected chi connectivity index (χ2v) is 3.47. The minimum Gasteiger partial charge on any atom is -0.316 e.